The molecule has 1 aliphatic heterocycles. The van der Waals surface area contributed by atoms with E-state index in [1.165, 1.54) is 44.6 Å². The molecule has 2 aromatic rings. The number of amides is 1. The summed E-state index contributed by atoms with van der Waals surface area (Å²) >= 11 is 0. The molecule has 5 nitrogen and oxygen atoms in total. The first-order valence-electron chi connectivity index (χ1n) is 9.46. The van der Waals surface area contributed by atoms with Gasteiger partial charge in [-0.1, -0.05) is 31.4 Å². The lowest BCUT2D eigenvalue weighted by atomic mass is 9.94. The topological polar surface area (TPSA) is 49.6 Å². The standard InChI is InChI=1S/C20H24FN3O2/c21-17-9-5-4-8-16(17)19-18(22-14-26-19)20(25)24-12-10-23(11-13-24)15-6-2-1-3-7-15/h4-5,8-9,14-15H,1-3,6-7,10-13H2. The Morgan fingerprint density at radius 1 is 1.08 bits per heavy atom. The number of rotatable bonds is 3. The highest BCUT2D eigenvalue weighted by molar-refractivity contribution is 5.97. The normalized spacial score (nSPS) is 19.7. The van der Waals surface area contributed by atoms with E-state index in [0.29, 0.717) is 19.1 Å². The molecule has 0 N–H and O–H groups in total. The number of benzene rings is 1. The van der Waals surface area contributed by atoms with Crippen LogP contribution in [-0.4, -0.2) is 52.9 Å². The fourth-order valence-electron chi connectivity index (χ4n) is 4.12. The minimum atomic E-state index is -0.416. The van der Waals surface area contributed by atoms with Crippen LogP contribution in [0.5, 0.6) is 0 Å². The number of piperazine rings is 1. The summed E-state index contributed by atoms with van der Waals surface area (Å²) in [5, 5.41) is 0. The van der Waals surface area contributed by atoms with Crippen molar-refractivity contribution < 1.29 is 13.6 Å². The lowest BCUT2D eigenvalue weighted by Crippen LogP contribution is -2.52. The van der Waals surface area contributed by atoms with Gasteiger partial charge in [0.1, 0.15) is 5.82 Å². The zero-order valence-corrected chi connectivity index (χ0v) is 14.9. The summed E-state index contributed by atoms with van der Waals surface area (Å²) in [7, 11) is 0. The molecule has 4 rings (SSSR count). The molecule has 0 spiro atoms. The van der Waals surface area contributed by atoms with Gasteiger partial charge in [0, 0.05) is 32.2 Å². The van der Waals surface area contributed by atoms with E-state index in [2.05, 4.69) is 9.88 Å². The third kappa shape index (κ3) is 3.38. The van der Waals surface area contributed by atoms with E-state index in [-0.39, 0.29) is 22.9 Å². The number of nitrogens with zero attached hydrogens (tertiary/aromatic N) is 3. The molecule has 1 amide bonds. The molecule has 26 heavy (non-hydrogen) atoms. The van der Waals surface area contributed by atoms with E-state index < -0.39 is 5.82 Å². The van der Waals surface area contributed by atoms with Crippen LogP contribution in [0.15, 0.2) is 35.1 Å². The molecule has 138 valence electrons. The third-order valence-corrected chi connectivity index (χ3v) is 5.58. The van der Waals surface area contributed by atoms with Crippen LogP contribution in [0.3, 0.4) is 0 Å². The third-order valence-electron chi connectivity index (χ3n) is 5.58. The van der Waals surface area contributed by atoms with Gasteiger partial charge in [-0.05, 0) is 25.0 Å². The first kappa shape index (κ1) is 17.2. The van der Waals surface area contributed by atoms with Gasteiger partial charge in [-0.15, -0.1) is 0 Å². The van der Waals surface area contributed by atoms with Crippen LogP contribution in [0.2, 0.25) is 0 Å². The van der Waals surface area contributed by atoms with Crippen LogP contribution in [0.25, 0.3) is 11.3 Å². The van der Waals surface area contributed by atoms with Crippen molar-refractivity contribution in [1.82, 2.24) is 14.8 Å². The maximum absolute atomic E-state index is 14.1. The van der Waals surface area contributed by atoms with Gasteiger partial charge in [0.25, 0.3) is 5.91 Å². The van der Waals surface area contributed by atoms with Crippen LogP contribution >= 0.6 is 0 Å². The quantitative estimate of drug-likeness (QED) is 0.843. The second-order valence-corrected chi connectivity index (χ2v) is 7.13. The molecule has 1 aliphatic carbocycles. The van der Waals surface area contributed by atoms with E-state index in [9.17, 15) is 9.18 Å². The molecule has 1 aromatic carbocycles. The Morgan fingerprint density at radius 3 is 2.54 bits per heavy atom. The highest BCUT2D eigenvalue weighted by atomic mass is 19.1. The van der Waals surface area contributed by atoms with Gasteiger partial charge >= 0.3 is 0 Å². The van der Waals surface area contributed by atoms with Crippen LogP contribution in [0.1, 0.15) is 42.6 Å². The number of hydrogen-bond donors (Lipinski definition) is 0. The summed E-state index contributed by atoms with van der Waals surface area (Å²) < 4.78 is 19.4. The van der Waals surface area contributed by atoms with Gasteiger partial charge in [-0.25, -0.2) is 9.37 Å². The van der Waals surface area contributed by atoms with Crippen molar-refractivity contribution in [1.29, 1.82) is 0 Å². The van der Waals surface area contributed by atoms with Gasteiger partial charge in [0.05, 0.1) is 5.56 Å². The fourth-order valence-corrected chi connectivity index (χ4v) is 4.12. The monoisotopic (exact) mass is 357 g/mol. The second-order valence-electron chi connectivity index (χ2n) is 7.13. The summed E-state index contributed by atoms with van der Waals surface area (Å²) in [4.78, 5) is 21.3. The van der Waals surface area contributed by atoms with Gasteiger partial charge in [-0.2, -0.15) is 0 Å². The molecule has 0 unspecified atom stereocenters. The van der Waals surface area contributed by atoms with Crippen LogP contribution < -0.4 is 0 Å². The summed E-state index contributed by atoms with van der Waals surface area (Å²) in [6.45, 7) is 3.14. The average molecular weight is 357 g/mol. The Kier molecular flexibility index (Phi) is 5.02. The fraction of sp³-hybridized carbons (Fsp3) is 0.500. The maximum atomic E-state index is 14.1. The maximum Gasteiger partial charge on any atom is 0.276 e. The molecular formula is C20H24FN3O2. The lowest BCUT2D eigenvalue weighted by molar-refractivity contribution is 0.0519. The average Bonchev–Trinajstić information content (AvgIpc) is 3.18. The minimum absolute atomic E-state index is 0.180. The summed E-state index contributed by atoms with van der Waals surface area (Å²) in [6, 6.07) is 6.96. The molecule has 1 saturated heterocycles. The zero-order chi connectivity index (χ0) is 17.9. The number of carbonyl (C=O) groups excluding carboxylic acids is 1. The van der Waals surface area contributed by atoms with E-state index >= 15 is 0 Å². The molecule has 1 aromatic heterocycles. The Labute approximate surface area is 152 Å². The largest absolute Gasteiger partial charge is 0.443 e. The van der Waals surface area contributed by atoms with Crippen molar-refractivity contribution in [2.75, 3.05) is 26.2 Å². The summed E-state index contributed by atoms with van der Waals surface area (Å²) in [5.74, 6) is -0.386. The van der Waals surface area contributed by atoms with E-state index in [1.807, 2.05) is 4.90 Å². The molecule has 0 radical (unpaired) electrons. The molecule has 6 heteroatoms. The molecule has 2 heterocycles. The predicted octanol–water partition coefficient (Wildman–Crippen LogP) is 3.57. The van der Waals surface area contributed by atoms with Gasteiger partial charge in [0.2, 0.25) is 0 Å². The Hall–Kier alpha value is -2.21. The van der Waals surface area contributed by atoms with Gasteiger partial charge < -0.3 is 9.32 Å². The second kappa shape index (κ2) is 7.58. The number of aromatic nitrogens is 1. The Bertz CT molecular complexity index is 762. The lowest BCUT2D eigenvalue weighted by Gasteiger charge is -2.40. The zero-order valence-electron chi connectivity index (χ0n) is 14.9. The molecule has 2 aliphatic rings. The minimum Gasteiger partial charge on any atom is -0.443 e. The number of halogens is 1. The highest BCUT2D eigenvalue weighted by Gasteiger charge is 2.30. The van der Waals surface area contributed by atoms with Crippen LogP contribution in [0, 0.1) is 5.82 Å². The van der Waals surface area contributed by atoms with Crippen LogP contribution in [-0.2, 0) is 0 Å². The van der Waals surface area contributed by atoms with E-state index in [1.54, 1.807) is 18.2 Å². The summed E-state index contributed by atoms with van der Waals surface area (Å²) in [6.07, 6.45) is 7.74. The highest BCUT2D eigenvalue weighted by Crippen LogP contribution is 2.28. The van der Waals surface area contributed by atoms with Gasteiger partial charge in [-0.3, -0.25) is 9.69 Å². The van der Waals surface area contributed by atoms with Crippen molar-refractivity contribution in [2.45, 2.75) is 38.1 Å². The summed E-state index contributed by atoms with van der Waals surface area (Å²) in [5.41, 5.74) is 0.468. The first-order valence-corrected chi connectivity index (χ1v) is 9.46. The number of oxazole rings is 1. The van der Waals surface area contributed by atoms with Crippen molar-refractivity contribution in [3.05, 3.63) is 42.2 Å². The SMILES string of the molecule is O=C(c1ncoc1-c1ccccc1F)N1CCN(C2CCCCC2)CC1. The number of carbonyl (C=O) groups is 1. The van der Waals surface area contributed by atoms with E-state index in [0.717, 1.165) is 13.1 Å². The van der Waals surface area contributed by atoms with Crippen molar-refractivity contribution in [3.8, 4) is 11.3 Å². The first-order chi connectivity index (χ1) is 12.7. The van der Waals surface area contributed by atoms with E-state index in [4.69, 9.17) is 4.42 Å². The Balaban J connectivity index is 1.45. The van der Waals surface area contributed by atoms with Gasteiger partial charge in [0.15, 0.2) is 17.8 Å². The molecule has 0 bridgehead atoms. The molecule has 2 fully saturated rings. The van der Waals surface area contributed by atoms with Crippen molar-refractivity contribution in [2.24, 2.45) is 0 Å². The smallest absolute Gasteiger partial charge is 0.276 e. The molecule has 0 atom stereocenters. The molecule has 1 saturated carbocycles. The Morgan fingerprint density at radius 2 is 1.81 bits per heavy atom. The predicted molar refractivity (Wildman–Crippen MR) is 96.2 cm³/mol. The molecular weight excluding hydrogens is 333 g/mol. The van der Waals surface area contributed by atoms with Crippen LogP contribution in [0.4, 0.5) is 4.39 Å². The van der Waals surface area contributed by atoms with Crippen molar-refractivity contribution in [3.63, 3.8) is 0 Å². The number of hydrogen-bond acceptors (Lipinski definition) is 4. The van der Waals surface area contributed by atoms with Crippen molar-refractivity contribution >= 4 is 5.91 Å².